The van der Waals surface area contributed by atoms with Crippen molar-refractivity contribution in [3.05, 3.63) is 22.7 Å². The third-order valence-corrected chi connectivity index (χ3v) is 1.89. The van der Waals surface area contributed by atoms with E-state index in [9.17, 15) is 9.59 Å². The fourth-order valence-corrected chi connectivity index (χ4v) is 1.14. The second-order valence-corrected chi connectivity index (χ2v) is 2.96. The Morgan fingerprint density at radius 3 is 3.06 bits per heavy atom. The quantitative estimate of drug-likeness (QED) is 0.675. The number of carbonyl (C=O) groups is 1. The Labute approximate surface area is 92.2 Å². The molecule has 0 saturated heterocycles. The predicted molar refractivity (Wildman–Crippen MR) is 58.2 cm³/mol. The van der Waals surface area contributed by atoms with E-state index in [1.165, 1.54) is 10.8 Å². The maximum absolute atomic E-state index is 11.6. The molecule has 7 heteroatoms. The van der Waals surface area contributed by atoms with Gasteiger partial charge in [0.05, 0.1) is 6.54 Å². The van der Waals surface area contributed by atoms with E-state index in [0.717, 1.165) is 0 Å². The van der Waals surface area contributed by atoms with Gasteiger partial charge in [0.15, 0.2) is 5.82 Å². The molecule has 0 fully saturated rings. The van der Waals surface area contributed by atoms with E-state index >= 15 is 0 Å². The molecule has 3 N–H and O–H groups in total. The molecule has 0 atom stereocenters. The van der Waals surface area contributed by atoms with Crippen LogP contribution in [0.4, 0.5) is 10.6 Å². The third-order valence-electron chi connectivity index (χ3n) is 1.89. The van der Waals surface area contributed by atoms with Crippen LogP contribution in [0.15, 0.2) is 17.2 Å². The van der Waals surface area contributed by atoms with E-state index in [4.69, 9.17) is 5.73 Å². The second-order valence-electron chi connectivity index (χ2n) is 2.96. The lowest BCUT2D eigenvalue weighted by Crippen LogP contribution is -2.26. The first kappa shape index (κ1) is 12.0. The number of anilines is 1. The number of primary amides is 1. The maximum atomic E-state index is 11.6. The molecule has 1 heterocycles. The summed E-state index contributed by atoms with van der Waals surface area (Å²) < 4.78 is 6.02. The zero-order valence-corrected chi connectivity index (χ0v) is 8.97. The molecule has 88 valence electrons. The standard InChI is InChI=1S/C9H14N4O3/c1-2-13-5-3-11-7(8(13)14)12-4-6-16-9(10)15/h3,5H,2,4,6H2,1H3,(H2,10,15)(H,11,12). The van der Waals surface area contributed by atoms with E-state index in [2.05, 4.69) is 15.0 Å². The molecular formula is C9H14N4O3. The Morgan fingerprint density at radius 2 is 2.44 bits per heavy atom. The third kappa shape index (κ3) is 3.26. The minimum atomic E-state index is -0.839. The molecule has 1 aromatic heterocycles. The number of ether oxygens (including phenoxy) is 1. The van der Waals surface area contributed by atoms with E-state index < -0.39 is 6.09 Å². The normalized spacial score (nSPS) is 9.81. The average molecular weight is 226 g/mol. The van der Waals surface area contributed by atoms with E-state index in [1.54, 1.807) is 6.20 Å². The number of hydrogen-bond donors (Lipinski definition) is 2. The smallest absolute Gasteiger partial charge is 0.404 e. The largest absolute Gasteiger partial charge is 0.448 e. The van der Waals surface area contributed by atoms with Gasteiger partial charge in [-0.2, -0.15) is 0 Å². The first-order valence-electron chi connectivity index (χ1n) is 4.86. The van der Waals surface area contributed by atoms with Crippen molar-refractivity contribution in [2.75, 3.05) is 18.5 Å². The Hall–Kier alpha value is -2.05. The zero-order valence-electron chi connectivity index (χ0n) is 8.97. The van der Waals surface area contributed by atoms with Crippen molar-refractivity contribution in [1.29, 1.82) is 0 Å². The van der Waals surface area contributed by atoms with E-state index in [1.807, 2.05) is 6.92 Å². The van der Waals surface area contributed by atoms with Gasteiger partial charge in [-0.1, -0.05) is 0 Å². The summed E-state index contributed by atoms with van der Waals surface area (Å²) in [5, 5.41) is 2.77. The van der Waals surface area contributed by atoms with Crippen molar-refractivity contribution in [2.24, 2.45) is 5.73 Å². The van der Waals surface area contributed by atoms with E-state index in [0.29, 0.717) is 13.1 Å². The van der Waals surface area contributed by atoms with Gasteiger partial charge in [-0.3, -0.25) is 4.79 Å². The summed E-state index contributed by atoms with van der Waals surface area (Å²) in [6.07, 6.45) is 2.30. The van der Waals surface area contributed by atoms with E-state index in [-0.39, 0.29) is 18.0 Å². The number of nitrogens with two attached hydrogens (primary N) is 1. The monoisotopic (exact) mass is 226 g/mol. The molecule has 1 aromatic rings. The van der Waals surface area contributed by atoms with Crippen molar-refractivity contribution in [2.45, 2.75) is 13.5 Å². The molecule has 0 spiro atoms. The van der Waals surface area contributed by atoms with Crippen LogP contribution in [0.5, 0.6) is 0 Å². The van der Waals surface area contributed by atoms with Crippen LogP contribution in [-0.2, 0) is 11.3 Å². The number of nitrogens with one attached hydrogen (secondary N) is 1. The summed E-state index contributed by atoms with van der Waals surface area (Å²) in [4.78, 5) is 25.8. The molecule has 0 aromatic carbocycles. The van der Waals surface area contributed by atoms with Crippen LogP contribution < -0.4 is 16.6 Å². The summed E-state index contributed by atoms with van der Waals surface area (Å²) in [6, 6.07) is 0. The van der Waals surface area contributed by atoms with Gasteiger partial charge in [-0.05, 0) is 6.92 Å². The summed E-state index contributed by atoms with van der Waals surface area (Å²) in [6.45, 7) is 2.82. The molecule has 0 aliphatic carbocycles. The highest BCUT2D eigenvalue weighted by Gasteiger charge is 2.02. The minimum Gasteiger partial charge on any atom is -0.448 e. The van der Waals surface area contributed by atoms with Crippen molar-refractivity contribution in [3.63, 3.8) is 0 Å². The lowest BCUT2D eigenvalue weighted by Gasteiger charge is -2.06. The fraction of sp³-hybridized carbons (Fsp3) is 0.444. The van der Waals surface area contributed by atoms with Crippen LogP contribution in [-0.4, -0.2) is 28.8 Å². The van der Waals surface area contributed by atoms with Gasteiger partial charge in [0, 0.05) is 18.9 Å². The molecule has 0 aliphatic rings. The number of nitrogens with zero attached hydrogens (tertiary/aromatic N) is 2. The lowest BCUT2D eigenvalue weighted by molar-refractivity contribution is 0.161. The van der Waals surface area contributed by atoms with Crippen LogP contribution in [0.3, 0.4) is 0 Å². The van der Waals surface area contributed by atoms with Crippen molar-refractivity contribution >= 4 is 11.9 Å². The van der Waals surface area contributed by atoms with Crippen LogP contribution in [0.2, 0.25) is 0 Å². The summed E-state index contributed by atoms with van der Waals surface area (Å²) in [7, 11) is 0. The molecule has 1 rings (SSSR count). The van der Waals surface area contributed by atoms with Crippen molar-refractivity contribution < 1.29 is 9.53 Å². The first-order chi connectivity index (χ1) is 7.65. The van der Waals surface area contributed by atoms with Gasteiger partial charge in [0.25, 0.3) is 5.56 Å². The van der Waals surface area contributed by atoms with Gasteiger partial charge in [0.2, 0.25) is 0 Å². The highest BCUT2D eigenvalue weighted by Crippen LogP contribution is 1.92. The Bertz CT molecular complexity index is 415. The van der Waals surface area contributed by atoms with Gasteiger partial charge in [-0.25, -0.2) is 9.78 Å². The van der Waals surface area contributed by atoms with Crippen molar-refractivity contribution in [3.8, 4) is 0 Å². The summed E-state index contributed by atoms with van der Waals surface area (Å²) in [5.41, 5.74) is 4.57. The molecule has 0 bridgehead atoms. The SMILES string of the molecule is CCn1ccnc(NCCOC(N)=O)c1=O. The number of aromatic nitrogens is 2. The second kappa shape index (κ2) is 5.74. The Morgan fingerprint density at radius 1 is 1.69 bits per heavy atom. The van der Waals surface area contributed by atoms with Gasteiger partial charge < -0.3 is 20.4 Å². The van der Waals surface area contributed by atoms with Crippen LogP contribution in [0, 0.1) is 0 Å². The Kier molecular flexibility index (Phi) is 4.31. The average Bonchev–Trinajstić information content (AvgIpc) is 2.26. The molecule has 0 unspecified atom stereocenters. The highest BCUT2D eigenvalue weighted by atomic mass is 16.5. The molecule has 0 aliphatic heterocycles. The lowest BCUT2D eigenvalue weighted by atomic mass is 10.5. The highest BCUT2D eigenvalue weighted by molar-refractivity contribution is 5.64. The van der Waals surface area contributed by atoms with Crippen LogP contribution in [0.25, 0.3) is 0 Å². The Balaban J connectivity index is 2.54. The molecule has 0 radical (unpaired) electrons. The van der Waals surface area contributed by atoms with Crippen LogP contribution in [0.1, 0.15) is 6.92 Å². The molecule has 7 nitrogen and oxygen atoms in total. The summed E-state index contributed by atoms with van der Waals surface area (Å²) >= 11 is 0. The summed E-state index contributed by atoms with van der Waals surface area (Å²) in [5.74, 6) is 0.234. The van der Waals surface area contributed by atoms with Gasteiger partial charge >= 0.3 is 6.09 Å². The first-order valence-corrected chi connectivity index (χ1v) is 4.86. The van der Waals surface area contributed by atoms with Gasteiger partial charge in [-0.15, -0.1) is 0 Å². The molecular weight excluding hydrogens is 212 g/mol. The molecule has 16 heavy (non-hydrogen) atoms. The van der Waals surface area contributed by atoms with Crippen molar-refractivity contribution in [1.82, 2.24) is 9.55 Å². The number of aryl methyl sites for hydroxylation is 1. The van der Waals surface area contributed by atoms with Crippen LogP contribution >= 0.6 is 0 Å². The predicted octanol–water partition coefficient (Wildman–Crippen LogP) is -0.230. The molecule has 0 saturated carbocycles. The minimum absolute atomic E-state index is 0.0947. The molecule has 1 amide bonds. The number of amides is 1. The zero-order chi connectivity index (χ0) is 12.0. The maximum Gasteiger partial charge on any atom is 0.404 e. The fourth-order valence-electron chi connectivity index (χ4n) is 1.14. The topological polar surface area (TPSA) is 99.2 Å². The number of rotatable bonds is 5. The van der Waals surface area contributed by atoms with Gasteiger partial charge in [0.1, 0.15) is 6.61 Å². The number of hydrogen-bond acceptors (Lipinski definition) is 5. The number of carbonyl (C=O) groups excluding carboxylic acids is 1.